The lowest BCUT2D eigenvalue weighted by molar-refractivity contribution is -0.132. The molecule has 8 nitrogen and oxygen atoms in total. The quantitative estimate of drug-likeness (QED) is 0.546. The van der Waals surface area contributed by atoms with E-state index in [1.165, 1.54) is 0 Å². The van der Waals surface area contributed by atoms with Crippen molar-refractivity contribution in [2.75, 3.05) is 44.2 Å². The number of benzene rings is 2. The highest BCUT2D eigenvalue weighted by atomic mass is 16.2. The number of carbonyl (C=O) groups excluding carboxylic acids is 2. The van der Waals surface area contributed by atoms with Crippen LogP contribution < -0.4 is 10.2 Å². The highest BCUT2D eigenvalue weighted by molar-refractivity contribution is 5.84. The third kappa shape index (κ3) is 6.19. The highest BCUT2D eigenvalue weighted by Crippen LogP contribution is 2.22. The zero-order valence-corrected chi connectivity index (χ0v) is 21.0. The Bertz CT molecular complexity index is 1120. The number of rotatable bonds is 7. The maximum absolute atomic E-state index is 13.3. The SMILES string of the molecule is CCNC(=O)N(CC(=O)N1CCCN(c2ccc(-c3ccccc3)nn2)CC1)C(C)c1ccccc1. The molecule has 2 heterocycles. The lowest BCUT2D eigenvalue weighted by atomic mass is 10.1. The van der Waals surface area contributed by atoms with Crippen LogP contribution in [0.2, 0.25) is 0 Å². The molecule has 0 spiro atoms. The van der Waals surface area contributed by atoms with Gasteiger partial charge in [0.2, 0.25) is 5.91 Å². The van der Waals surface area contributed by atoms with E-state index in [4.69, 9.17) is 0 Å². The molecule has 3 amide bonds. The molecule has 36 heavy (non-hydrogen) atoms. The van der Waals surface area contributed by atoms with Crippen molar-refractivity contribution >= 4 is 17.8 Å². The summed E-state index contributed by atoms with van der Waals surface area (Å²) in [6, 6.07) is 23.3. The standard InChI is InChI=1S/C28H34N6O2/c1-3-29-28(36)34(22(2)23-11-6-4-7-12-23)21-27(35)33-18-10-17-32(19-20-33)26-16-15-25(30-31-26)24-13-8-5-9-14-24/h4-9,11-16,22H,3,10,17-21H2,1-2H3,(H,29,36). The van der Waals surface area contributed by atoms with E-state index in [2.05, 4.69) is 20.4 Å². The molecule has 188 valence electrons. The normalized spacial score (nSPS) is 14.6. The van der Waals surface area contributed by atoms with E-state index in [1.807, 2.05) is 91.5 Å². The van der Waals surface area contributed by atoms with Crippen LogP contribution in [0, 0.1) is 0 Å². The molecular formula is C28H34N6O2. The van der Waals surface area contributed by atoms with Crippen LogP contribution in [0.5, 0.6) is 0 Å². The number of aromatic nitrogens is 2. The summed E-state index contributed by atoms with van der Waals surface area (Å²) >= 11 is 0. The van der Waals surface area contributed by atoms with Crippen molar-refractivity contribution in [3.8, 4) is 11.3 Å². The molecule has 2 aromatic carbocycles. The van der Waals surface area contributed by atoms with Crippen LogP contribution in [0.3, 0.4) is 0 Å². The van der Waals surface area contributed by atoms with Gasteiger partial charge in [-0.1, -0.05) is 60.7 Å². The first-order valence-corrected chi connectivity index (χ1v) is 12.6. The second-order valence-corrected chi connectivity index (χ2v) is 8.91. The smallest absolute Gasteiger partial charge is 0.318 e. The Hall–Kier alpha value is -3.94. The Labute approximate surface area is 212 Å². The summed E-state index contributed by atoms with van der Waals surface area (Å²) in [6.07, 6.45) is 0.823. The van der Waals surface area contributed by atoms with Crippen molar-refractivity contribution in [1.82, 2.24) is 25.3 Å². The average Bonchev–Trinajstić information content (AvgIpc) is 3.19. The van der Waals surface area contributed by atoms with Gasteiger partial charge in [0.05, 0.1) is 11.7 Å². The van der Waals surface area contributed by atoms with Gasteiger partial charge < -0.3 is 20.0 Å². The molecule has 0 aliphatic carbocycles. The van der Waals surface area contributed by atoms with Gasteiger partial charge in [0.1, 0.15) is 6.54 Å². The van der Waals surface area contributed by atoms with Gasteiger partial charge in [-0.2, -0.15) is 0 Å². The van der Waals surface area contributed by atoms with Crippen LogP contribution in [-0.4, -0.2) is 71.2 Å². The van der Waals surface area contributed by atoms with E-state index in [1.54, 1.807) is 4.90 Å². The van der Waals surface area contributed by atoms with E-state index in [0.29, 0.717) is 26.2 Å². The number of hydrogen-bond donors (Lipinski definition) is 1. The van der Waals surface area contributed by atoms with Crippen molar-refractivity contribution in [1.29, 1.82) is 0 Å². The Morgan fingerprint density at radius 2 is 1.64 bits per heavy atom. The van der Waals surface area contributed by atoms with Crippen molar-refractivity contribution in [3.05, 3.63) is 78.4 Å². The first-order chi connectivity index (χ1) is 17.6. The number of urea groups is 1. The Balaban J connectivity index is 1.39. The molecule has 3 aromatic rings. The average molecular weight is 487 g/mol. The lowest BCUT2D eigenvalue weighted by Crippen LogP contribution is -2.48. The fourth-order valence-electron chi connectivity index (χ4n) is 4.45. The summed E-state index contributed by atoms with van der Waals surface area (Å²) in [7, 11) is 0. The van der Waals surface area contributed by atoms with Gasteiger partial charge in [-0.3, -0.25) is 4.79 Å². The first kappa shape index (κ1) is 25.2. The molecule has 1 aliphatic heterocycles. The van der Waals surface area contributed by atoms with Crippen molar-refractivity contribution in [2.45, 2.75) is 26.3 Å². The van der Waals surface area contributed by atoms with Gasteiger partial charge in [-0.05, 0) is 38.0 Å². The third-order valence-corrected chi connectivity index (χ3v) is 6.54. The Morgan fingerprint density at radius 1 is 0.917 bits per heavy atom. The second kappa shape index (κ2) is 12.2. The van der Waals surface area contributed by atoms with E-state index in [9.17, 15) is 9.59 Å². The van der Waals surface area contributed by atoms with Gasteiger partial charge in [0.15, 0.2) is 5.82 Å². The summed E-state index contributed by atoms with van der Waals surface area (Å²) in [4.78, 5) is 31.8. The number of nitrogens with zero attached hydrogens (tertiary/aromatic N) is 5. The minimum absolute atomic E-state index is 0.0352. The fourth-order valence-corrected chi connectivity index (χ4v) is 4.45. The zero-order chi connectivity index (χ0) is 25.3. The van der Waals surface area contributed by atoms with Crippen LogP contribution in [0.1, 0.15) is 31.9 Å². The lowest BCUT2D eigenvalue weighted by Gasteiger charge is -2.31. The van der Waals surface area contributed by atoms with Gasteiger partial charge in [-0.15, -0.1) is 10.2 Å². The highest BCUT2D eigenvalue weighted by Gasteiger charge is 2.27. The zero-order valence-electron chi connectivity index (χ0n) is 21.0. The van der Waals surface area contributed by atoms with Crippen LogP contribution in [0.15, 0.2) is 72.8 Å². The van der Waals surface area contributed by atoms with Gasteiger partial charge >= 0.3 is 6.03 Å². The molecule has 0 bridgehead atoms. The minimum Gasteiger partial charge on any atom is -0.353 e. The Morgan fingerprint density at radius 3 is 2.31 bits per heavy atom. The molecular weight excluding hydrogens is 452 g/mol. The van der Waals surface area contributed by atoms with Crippen LogP contribution in [-0.2, 0) is 4.79 Å². The summed E-state index contributed by atoms with van der Waals surface area (Å²) in [5.41, 5.74) is 2.87. The predicted molar refractivity (Wildman–Crippen MR) is 142 cm³/mol. The van der Waals surface area contributed by atoms with Crippen LogP contribution in [0.25, 0.3) is 11.3 Å². The molecule has 1 unspecified atom stereocenters. The molecule has 4 rings (SSSR count). The molecule has 0 radical (unpaired) electrons. The van der Waals surface area contributed by atoms with E-state index in [0.717, 1.165) is 35.6 Å². The summed E-state index contributed by atoms with van der Waals surface area (Å²) in [5, 5.41) is 11.7. The van der Waals surface area contributed by atoms with Crippen LogP contribution in [0.4, 0.5) is 10.6 Å². The van der Waals surface area contributed by atoms with Crippen molar-refractivity contribution in [2.24, 2.45) is 0 Å². The molecule has 1 fully saturated rings. The van der Waals surface area contributed by atoms with Crippen molar-refractivity contribution < 1.29 is 9.59 Å². The third-order valence-electron chi connectivity index (χ3n) is 6.54. The number of amides is 3. The van der Waals surface area contributed by atoms with E-state index >= 15 is 0 Å². The maximum Gasteiger partial charge on any atom is 0.318 e. The van der Waals surface area contributed by atoms with Crippen LogP contribution >= 0.6 is 0 Å². The number of hydrogen-bond acceptors (Lipinski definition) is 5. The topological polar surface area (TPSA) is 81.7 Å². The molecule has 1 aliphatic rings. The first-order valence-electron chi connectivity index (χ1n) is 12.6. The van der Waals surface area contributed by atoms with Gasteiger partial charge in [0, 0.05) is 38.3 Å². The Kier molecular flexibility index (Phi) is 8.49. The molecule has 1 atom stereocenters. The molecule has 0 saturated carbocycles. The molecule has 1 N–H and O–H groups in total. The van der Waals surface area contributed by atoms with E-state index in [-0.39, 0.29) is 24.5 Å². The number of carbonyl (C=O) groups is 2. The monoisotopic (exact) mass is 486 g/mol. The van der Waals surface area contributed by atoms with E-state index < -0.39 is 0 Å². The maximum atomic E-state index is 13.3. The summed E-state index contributed by atoms with van der Waals surface area (Å²) < 4.78 is 0. The molecule has 8 heteroatoms. The predicted octanol–water partition coefficient (Wildman–Crippen LogP) is 3.98. The molecule has 1 saturated heterocycles. The van der Waals surface area contributed by atoms with Gasteiger partial charge in [0.25, 0.3) is 0 Å². The molecule has 1 aromatic heterocycles. The number of anilines is 1. The minimum atomic E-state index is -0.229. The van der Waals surface area contributed by atoms with Gasteiger partial charge in [-0.25, -0.2) is 4.79 Å². The largest absolute Gasteiger partial charge is 0.353 e. The van der Waals surface area contributed by atoms with Crippen molar-refractivity contribution in [3.63, 3.8) is 0 Å². The second-order valence-electron chi connectivity index (χ2n) is 8.91. The summed E-state index contributed by atoms with van der Waals surface area (Å²) in [5.74, 6) is 0.766. The number of nitrogens with one attached hydrogen (secondary N) is 1. The fraction of sp³-hybridized carbons (Fsp3) is 0.357. The summed E-state index contributed by atoms with van der Waals surface area (Å²) in [6.45, 7) is 7.06.